The molecule has 1 aromatic carbocycles. The van der Waals surface area contributed by atoms with Gasteiger partial charge >= 0.3 is 0 Å². The van der Waals surface area contributed by atoms with E-state index in [1.165, 1.54) is 0 Å². The third-order valence-electron chi connectivity index (χ3n) is 2.62. The van der Waals surface area contributed by atoms with Gasteiger partial charge in [-0.2, -0.15) is 0 Å². The summed E-state index contributed by atoms with van der Waals surface area (Å²) in [6.45, 7) is 3.31. The highest BCUT2D eigenvalue weighted by atomic mass is 79.9. The first-order chi connectivity index (χ1) is 7.09. The minimum atomic E-state index is 0.0623. The maximum Gasteiger partial charge on any atom is 0.255 e. The van der Waals surface area contributed by atoms with Gasteiger partial charge in [0.25, 0.3) is 5.91 Å². The third kappa shape index (κ3) is 1.92. The van der Waals surface area contributed by atoms with E-state index in [-0.39, 0.29) is 11.9 Å². The van der Waals surface area contributed by atoms with Crippen LogP contribution in [0.2, 0.25) is 0 Å². The highest BCUT2D eigenvalue weighted by molar-refractivity contribution is 9.10. The lowest BCUT2D eigenvalue weighted by Crippen LogP contribution is -2.57. The Labute approximate surface area is 97.4 Å². The standard InChI is InChI=1S/C11H13BrN2O/c1-7-3-2-4-9(10(7)12)11(15)14-5-8(13)6-14/h2-4,8H,5-6,13H2,1H3. The number of nitrogens with two attached hydrogens (primary N) is 1. The molecule has 1 amide bonds. The van der Waals surface area contributed by atoms with Crippen LogP contribution in [0.25, 0.3) is 0 Å². The van der Waals surface area contributed by atoms with Crippen molar-refractivity contribution in [2.24, 2.45) is 5.73 Å². The Bertz CT molecular complexity index is 400. The summed E-state index contributed by atoms with van der Waals surface area (Å²) in [7, 11) is 0. The van der Waals surface area contributed by atoms with Crippen molar-refractivity contribution in [3.8, 4) is 0 Å². The van der Waals surface area contributed by atoms with E-state index >= 15 is 0 Å². The fourth-order valence-electron chi connectivity index (χ4n) is 1.66. The van der Waals surface area contributed by atoms with Crippen LogP contribution < -0.4 is 5.73 Å². The topological polar surface area (TPSA) is 46.3 Å². The molecule has 0 unspecified atom stereocenters. The van der Waals surface area contributed by atoms with Crippen LogP contribution in [0.3, 0.4) is 0 Å². The van der Waals surface area contributed by atoms with Crippen molar-refractivity contribution in [1.29, 1.82) is 0 Å². The van der Waals surface area contributed by atoms with E-state index in [1.807, 2.05) is 25.1 Å². The van der Waals surface area contributed by atoms with Crippen LogP contribution in [0.15, 0.2) is 22.7 Å². The van der Waals surface area contributed by atoms with Crippen LogP contribution in [0, 0.1) is 6.92 Å². The summed E-state index contributed by atoms with van der Waals surface area (Å²) in [5.74, 6) is 0.0623. The first-order valence-electron chi connectivity index (χ1n) is 4.89. The fraction of sp³-hybridized carbons (Fsp3) is 0.364. The lowest BCUT2D eigenvalue weighted by molar-refractivity contribution is 0.0607. The maximum atomic E-state index is 12.0. The van der Waals surface area contributed by atoms with Gasteiger partial charge in [0, 0.05) is 23.6 Å². The molecule has 4 heteroatoms. The zero-order chi connectivity index (χ0) is 11.0. The molecule has 0 aliphatic carbocycles. The second-order valence-electron chi connectivity index (χ2n) is 3.91. The number of rotatable bonds is 1. The van der Waals surface area contributed by atoms with Gasteiger partial charge in [-0.05, 0) is 34.5 Å². The van der Waals surface area contributed by atoms with Crippen LogP contribution in [0.5, 0.6) is 0 Å². The Kier molecular flexibility index (Phi) is 2.80. The second-order valence-corrected chi connectivity index (χ2v) is 4.70. The molecule has 15 heavy (non-hydrogen) atoms. The van der Waals surface area contributed by atoms with Gasteiger partial charge in [-0.1, -0.05) is 12.1 Å². The Balaban J connectivity index is 2.22. The molecule has 0 bridgehead atoms. The summed E-state index contributed by atoms with van der Waals surface area (Å²) in [6, 6.07) is 5.86. The molecule has 0 atom stereocenters. The molecular formula is C11H13BrN2O. The number of likely N-dealkylation sites (tertiary alicyclic amines) is 1. The Hall–Kier alpha value is -0.870. The summed E-state index contributed by atoms with van der Waals surface area (Å²) in [5, 5.41) is 0. The van der Waals surface area contributed by atoms with Crippen LogP contribution in [-0.2, 0) is 0 Å². The van der Waals surface area contributed by atoms with Gasteiger partial charge < -0.3 is 10.6 Å². The van der Waals surface area contributed by atoms with Gasteiger partial charge in [-0.15, -0.1) is 0 Å². The van der Waals surface area contributed by atoms with Gasteiger partial charge in [0.2, 0.25) is 0 Å². The van der Waals surface area contributed by atoms with Gasteiger partial charge in [0.1, 0.15) is 0 Å². The smallest absolute Gasteiger partial charge is 0.255 e. The molecule has 80 valence electrons. The fourth-order valence-corrected chi connectivity index (χ4v) is 2.10. The number of aryl methyl sites for hydroxylation is 1. The summed E-state index contributed by atoms with van der Waals surface area (Å²) in [5.41, 5.74) is 7.45. The Morgan fingerprint density at radius 3 is 2.80 bits per heavy atom. The molecule has 1 aliphatic heterocycles. The van der Waals surface area contributed by atoms with E-state index in [0.717, 1.165) is 15.6 Å². The number of hydrogen-bond donors (Lipinski definition) is 1. The number of carbonyl (C=O) groups is 1. The van der Waals surface area contributed by atoms with E-state index < -0.39 is 0 Å². The quantitative estimate of drug-likeness (QED) is 0.840. The zero-order valence-electron chi connectivity index (χ0n) is 8.53. The van der Waals surface area contributed by atoms with Gasteiger partial charge in [-0.3, -0.25) is 4.79 Å². The first kappa shape index (κ1) is 10.6. The monoisotopic (exact) mass is 268 g/mol. The van der Waals surface area contributed by atoms with E-state index in [0.29, 0.717) is 13.1 Å². The molecule has 1 aromatic rings. The van der Waals surface area contributed by atoms with Crippen LogP contribution >= 0.6 is 15.9 Å². The molecular weight excluding hydrogens is 256 g/mol. The third-order valence-corrected chi connectivity index (χ3v) is 3.67. The number of halogens is 1. The SMILES string of the molecule is Cc1cccc(C(=O)N2CC(N)C2)c1Br. The van der Waals surface area contributed by atoms with Crippen molar-refractivity contribution in [1.82, 2.24) is 4.90 Å². The number of carbonyl (C=O) groups excluding carboxylic acids is 1. The first-order valence-corrected chi connectivity index (χ1v) is 5.69. The molecule has 0 spiro atoms. The van der Waals surface area contributed by atoms with Gasteiger partial charge in [-0.25, -0.2) is 0 Å². The predicted molar refractivity (Wildman–Crippen MR) is 62.8 cm³/mol. The van der Waals surface area contributed by atoms with Crippen LogP contribution in [0.1, 0.15) is 15.9 Å². The molecule has 0 aromatic heterocycles. The molecule has 0 saturated carbocycles. The molecule has 1 heterocycles. The van der Waals surface area contributed by atoms with E-state index in [2.05, 4.69) is 15.9 Å². The Morgan fingerprint density at radius 1 is 1.53 bits per heavy atom. The summed E-state index contributed by atoms with van der Waals surface area (Å²) >= 11 is 3.44. The zero-order valence-corrected chi connectivity index (χ0v) is 10.1. The molecule has 2 N–H and O–H groups in total. The maximum absolute atomic E-state index is 12.0. The van der Waals surface area contributed by atoms with E-state index in [9.17, 15) is 4.79 Å². The molecule has 1 saturated heterocycles. The lowest BCUT2D eigenvalue weighted by Gasteiger charge is -2.37. The average molecular weight is 269 g/mol. The largest absolute Gasteiger partial charge is 0.335 e. The van der Waals surface area contributed by atoms with Crippen molar-refractivity contribution in [2.45, 2.75) is 13.0 Å². The number of hydrogen-bond acceptors (Lipinski definition) is 2. The van der Waals surface area contributed by atoms with Crippen molar-refractivity contribution < 1.29 is 4.79 Å². The van der Waals surface area contributed by atoms with Crippen molar-refractivity contribution in [2.75, 3.05) is 13.1 Å². The highest BCUT2D eigenvalue weighted by Gasteiger charge is 2.29. The minimum absolute atomic E-state index is 0.0623. The second kappa shape index (κ2) is 3.94. The van der Waals surface area contributed by atoms with Crippen LogP contribution in [0.4, 0.5) is 0 Å². The van der Waals surface area contributed by atoms with Gasteiger partial charge in [0.15, 0.2) is 0 Å². The van der Waals surface area contributed by atoms with Gasteiger partial charge in [0.05, 0.1) is 5.56 Å². The minimum Gasteiger partial charge on any atom is -0.335 e. The summed E-state index contributed by atoms with van der Waals surface area (Å²) in [6.07, 6.45) is 0. The molecule has 2 rings (SSSR count). The van der Waals surface area contributed by atoms with Crippen molar-refractivity contribution in [3.05, 3.63) is 33.8 Å². The van der Waals surface area contributed by atoms with Crippen LogP contribution in [-0.4, -0.2) is 29.9 Å². The molecule has 3 nitrogen and oxygen atoms in total. The molecule has 1 fully saturated rings. The lowest BCUT2D eigenvalue weighted by atomic mass is 10.1. The predicted octanol–water partition coefficient (Wildman–Crippen LogP) is 1.54. The van der Waals surface area contributed by atoms with E-state index in [1.54, 1.807) is 4.90 Å². The highest BCUT2D eigenvalue weighted by Crippen LogP contribution is 2.23. The summed E-state index contributed by atoms with van der Waals surface area (Å²) < 4.78 is 0.885. The normalized spacial score (nSPS) is 16.3. The molecule has 1 aliphatic rings. The number of benzene rings is 1. The van der Waals surface area contributed by atoms with Crippen molar-refractivity contribution in [3.63, 3.8) is 0 Å². The molecule has 0 radical (unpaired) electrons. The summed E-state index contributed by atoms with van der Waals surface area (Å²) in [4.78, 5) is 13.8. The number of nitrogens with zero attached hydrogens (tertiary/aromatic N) is 1. The Morgan fingerprint density at radius 2 is 2.20 bits per heavy atom. The van der Waals surface area contributed by atoms with E-state index in [4.69, 9.17) is 5.73 Å². The van der Waals surface area contributed by atoms with Crippen molar-refractivity contribution >= 4 is 21.8 Å². The average Bonchev–Trinajstić information content (AvgIpc) is 2.16. The number of amides is 1.